The zero-order valence-electron chi connectivity index (χ0n) is 15.3. The maximum absolute atomic E-state index is 13.0. The Morgan fingerprint density at radius 3 is 2.52 bits per heavy atom. The Labute approximate surface area is 166 Å². The van der Waals surface area contributed by atoms with Gasteiger partial charge in [0.2, 0.25) is 5.78 Å². The number of nitro benzene ring substituents is 1. The van der Waals surface area contributed by atoms with E-state index < -0.39 is 10.8 Å². The van der Waals surface area contributed by atoms with Crippen LogP contribution in [0.5, 0.6) is 0 Å². The smallest absolute Gasteiger partial charge is 0.273 e. The molecule has 0 unspecified atom stereocenters. The highest BCUT2D eigenvalue weighted by atomic mass is 16.6. The van der Waals surface area contributed by atoms with Crippen molar-refractivity contribution in [3.8, 4) is 0 Å². The summed E-state index contributed by atoms with van der Waals surface area (Å²) in [6.45, 7) is 0. The maximum Gasteiger partial charge on any atom is 0.273 e. The van der Waals surface area contributed by atoms with Crippen molar-refractivity contribution in [3.05, 3.63) is 111 Å². The highest BCUT2D eigenvalue weighted by Crippen LogP contribution is 2.38. The van der Waals surface area contributed by atoms with Gasteiger partial charge in [-0.2, -0.15) is 4.73 Å². The SMILES string of the molecule is O=C(C[C@H](c1ccccc1[N+](=O)[O-])c1c[nH]c2ccccc12)c1cccc[n+]1[O-]. The molecule has 7 heteroatoms. The summed E-state index contributed by atoms with van der Waals surface area (Å²) in [7, 11) is 0. The number of ketones is 1. The molecule has 0 bridgehead atoms. The lowest BCUT2D eigenvalue weighted by Gasteiger charge is -2.16. The zero-order valence-corrected chi connectivity index (χ0v) is 15.3. The Hall–Kier alpha value is -4.00. The second-order valence-electron chi connectivity index (χ2n) is 6.70. The van der Waals surface area contributed by atoms with E-state index in [4.69, 9.17) is 0 Å². The third-order valence-corrected chi connectivity index (χ3v) is 5.00. The lowest BCUT2D eigenvalue weighted by molar-refractivity contribution is -0.607. The quantitative estimate of drug-likeness (QED) is 0.177. The first-order valence-corrected chi connectivity index (χ1v) is 9.07. The molecule has 0 saturated heterocycles. The average molecular weight is 387 g/mol. The van der Waals surface area contributed by atoms with Crippen molar-refractivity contribution < 1.29 is 14.4 Å². The minimum absolute atomic E-state index is 0.0101. The molecule has 1 atom stereocenters. The number of rotatable bonds is 6. The number of hydrogen-bond acceptors (Lipinski definition) is 4. The Kier molecular flexibility index (Phi) is 4.78. The number of benzene rings is 2. The lowest BCUT2D eigenvalue weighted by Crippen LogP contribution is -2.34. The largest absolute Gasteiger partial charge is 0.618 e. The molecular weight excluding hydrogens is 370 g/mol. The molecule has 2 aromatic carbocycles. The molecule has 29 heavy (non-hydrogen) atoms. The molecule has 0 aliphatic carbocycles. The molecule has 2 aromatic heterocycles. The topological polar surface area (TPSA) is 103 Å². The molecule has 1 N–H and O–H groups in total. The Morgan fingerprint density at radius 1 is 1.00 bits per heavy atom. The van der Waals surface area contributed by atoms with E-state index in [1.807, 2.05) is 24.3 Å². The van der Waals surface area contributed by atoms with Crippen LogP contribution >= 0.6 is 0 Å². The first kappa shape index (κ1) is 18.4. The number of nitrogens with one attached hydrogen (secondary N) is 1. The zero-order chi connectivity index (χ0) is 20.4. The van der Waals surface area contributed by atoms with Crippen molar-refractivity contribution in [1.29, 1.82) is 0 Å². The van der Waals surface area contributed by atoms with Crippen LogP contribution in [0.25, 0.3) is 10.9 Å². The molecular formula is C22H17N3O4. The number of nitro groups is 1. The standard InChI is InChI=1S/C22H17N3O4/c26-22(21-11-5-6-12-24(21)27)13-17(16-8-2-4-10-20(16)25(28)29)18-14-23-19-9-3-1-7-15(18)19/h1-12,14,17,23H,13H2/t17-/m1/s1. The molecule has 2 heterocycles. The fourth-order valence-electron chi connectivity index (χ4n) is 3.65. The van der Waals surface area contributed by atoms with Crippen LogP contribution in [0, 0.1) is 15.3 Å². The van der Waals surface area contributed by atoms with Gasteiger partial charge in [-0.05, 0) is 17.7 Å². The number of Topliss-reactive ketones (excluding diaryl/α,β-unsaturated/α-hetero) is 1. The number of hydrogen-bond donors (Lipinski definition) is 1. The van der Waals surface area contributed by atoms with E-state index in [2.05, 4.69) is 4.98 Å². The van der Waals surface area contributed by atoms with Crippen LogP contribution < -0.4 is 4.73 Å². The van der Waals surface area contributed by atoms with Crippen LogP contribution in [-0.2, 0) is 0 Å². The summed E-state index contributed by atoms with van der Waals surface area (Å²) in [5.74, 6) is -0.963. The summed E-state index contributed by atoms with van der Waals surface area (Å²) in [6.07, 6.45) is 2.97. The molecule has 0 spiro atoms. The third kappa shape index (κ3) is 3.45. The van der Waals surface area contributed by atoms with Gasteiger partial charge in [0.25, 0.3) is 11.4 Å². The Bertz CT molecular complexity index is 1220. The van der Waals surface area contributed by atoms with Crippen LogP contribution in [0.3, 0.4) is 0 Å². The number of carbonyl (C=O) groups is 1. The molecule has 0 aliphatic rings. The molecule has 0 aliphatic heterocycles. The maximum atomic E-state index is 13.0. The number of pyridine rings is 1. The van der Waals surface area contributed by atoms with Gasteiger partial charge in [0.1, 0.15) is 0 Å². The highest BCUT2D eigenvalue weighted by molar-refractivity contribution is 5.95. The molecule has 0 amide bonds. The van der Waals surface area contributed by atoms with Crippen LogP contribution in [0.1, 0.15) is 34.0 Å². The van der Waals surface area contributed by atoms with Crippen molar-refractivity contribution in [2.24, 2.45) is 0 Å². The van der Waals surface area contributed by atoms with Gasteiger partial charge < -0.3 is 10.2 Å². The fraction of sp³-hybridized carbons (Fsp3) is 0.0909. The molecule has 144 valence electrons. The predicted molar refractivity (Wildman–Crippen MR) is 108 cm³/mol. The second kappa shape index (κ2) is 7.55. The van der Waals surface area contributed by atoms with Crippen LogP contribution in [0.2, 0.25) is 0 Å². The number of H-pyrrole nitrogens is 1. The summed E-state index contributed by atoms with van der Waals surface area (Å²) in [4.78, 5) is 27.3. The number of aromatic amines is 1. The fourth-order valence-corrected chi connectivity index (χ4v) is 3.65. The van der Waals surface area contributed by atoms with Crippen molar-refractivity contribution >= 4 is 22.4 Å². The molecule has 0 fully saturated rings. The Balaban J connectivity index is 1.85. The average Bonchev–Trinajstić information content (AvgIpc) is 3.16. The Morgan fingerprint density at radius 2 is 1.72 bits per heavy atom. The van der Waals surface area contributed by atoms with Crippen LogP contribution in [0.15, 0.2) is 79.1 Å². The lowest BCUT2D eigenvalue weighted by atomic mass is 9.85. The third-order valence-electron chi connectivity index (χ3n) is 5.00. The number of nitrogens with zero attached hydrogens (tertiary/aromatic N) is 2. The van der Waals surface area contributed by atoms with Gasteiger partial charge in [-0.1, -0.05) is 36.4 Å². The van der Waals surface area contributed by atoms with Gasteiger partial charge in [-0.15, -0.1) is 0 Å². The molecule has 0 saturated carbocycles. The van der Waals surface area contributed by atoms with Crippen molar-refractivity contribution in [1.82, 2.24) is 4.98 Å². The second-order valence-corrected chi connectivity index (χ2v) is 6.70. The van der Waals surface area contributed by atoms with E-state index in [0.29, 0.717) is 10.3 Å². The van der Waals surface area contributed by atoms with Gasteiger partial charge in [0, 0.05) is 53.2 Å². The van der Waals surface area contributed by atoms with E-state index in [-0.39, 0.29) is 23.6 Å². The van der Waals surface area contributed by atoms with Crippen molar-refractivity contribution in [2.75, 3.05) is 0 Å². The summed E-state index contributed by atoms with van der Waals surface area (Å²) in [5.41, 5.74) is 2.03. The van der Waals surface area contributed by atoms with Gasteiger partial charge in [0.15, 0.2) is 6.20 Å². The van der Waals surface area contributed by atoms with Gasteiger partial charge >= 0.3 is 0 Å². The number of para-hydroxylation sites is 2. The minimum atomic E-state index is -0.583. The van der Waals surface area contributed by atoms with Crippen LogP contribution in [0.4, 0.5) is 5.69 Å². The molecule has 7 nitrogen and oxygen atoms in total. The van der Waals surface area contributed by atoms with Gasteiger partial charge in [-0.3, -0.25) is 14.9 Å². The normalized spacial score (nSPS) is 12.0. The molecule has 4 aromatic rings. The first-order valence-electron chi connectivity index (χ1n) is 9.07. The summed E-state index contributed by atoms with van der Waals surface area (Å²) in [6, 6.07) is 18.6. The van der Waals surface area contributed by atoms with E-state index in [9.17, 15) is 20.1 Å². The van der Waals surface area contributed by atoms with Gasteiger partial charge in [0.05, 0.1) is 4.92 Å². The number of fused-ring (bicyclic) bond motifs is 1. The summed E-state index contributed by atoms with van der Waals surface area (Å²) < 4.78 is 0.522. The van der Waals surface area contributed by atoms with E-state index in [1.165, 1.54) is 18.3 Å². The first-order chi connectivity index (χ1) is 14.1. The highest BCUT2D eigenvalue weighted by Gasteiger charge is 2.29. The minimum Gasteiger partial charge on any atom is -0.618 e. The molecule has 0 radical (unpaired) electrons. The van der Waals surface area contributed by atoms with Crippen LogP contribution in [-0.4, -0.2) is 15.7 Å². The van der Waals surface area contributed by atoms with Gasteiger partial charge in [-0.25, -0.2) is 0 Å². The van der Waals surface area contributed by atoms with E-state index >= 15 is 0 Å². The summed E-state index contributed by atoms with van der Waals surface area (Å²) >= 11 is 0. The van der Waals surface area contributed by atoms with Crippen molar-refractivity contribution in [2.45, 2.75) is 12.3 Å². The van der Waals surface area contributed by atoms with E-state index in [0.717, 1.165) is 16.5 Å². The van der Waals surface area contributed by atoms with Crippen molar-refractivity contribution in [3.63, 3.8) is 0 Å². The number of carbonyl (C=O) groups excluding carboxylic acids is 1. The monoisotopic (exact) mass is 387 g/mol. The number of aromatic nitrogens is 2. The predicted octanol–water partition coefficient (Wildman–Crippen LogP) is 4.11. The molecule has 4 rings (SSSR count). The van der Waals surface area contributed by atoms with E-state index in [1.54, 1.807) is 36.5 Å². The summed E-state index contributed by atoms with van der Waals surface area (Å²) in [5, 5.41) is 24.5.